The van der Waals surface area contributed by atoms with Gasteiger partial charge in [0.1, 0.15) is 11.9 Å². The van der Waals surface area contributed by atoms with Gasteiger partial charge in [0.15, 0.2) is 17.0 Å². The van der Waals surface area contributed by atoms with E-state index in [9.17, 15) is 27.6 Å². The summed E-state index contributed by atoms with van der Waals surface area (Å²) in [6.07, 6.45) is -1.45. The van der Waals surface area contributed by atoms with Gasteiger partial charge in [-0.3, -0.25) is 18.7 Å². The maximum absolute atomic E-state index is 13.3. The summed E-state index contributed by atoms with van der Waals surface area (Å²) in [7, 11) is 1.44. The Kier molecular flexibility index (Phi) is 6.48. The number of imidazole rings is 1. The van der Waals surface area contributed by atoms with Crippen LogP contribution in [-0.2, 0) is 24.6 Å². The number of halogens is 3. The van der Waals surface area contributed by atoms with Crippen molar-refractivity contribution in [1.29, 1.82) is 0 Å². The molecule has 1 unspecified atom stereocenters. The van der Waals surface area contributed by atoms with Gasteiger partial charge in [-0.2, -0.15) is 18.2 Å². The minimum atomic E-state index is -4.68. The monoisotopic (exact) mass is 556 g/mol. The first kappa shape index (κ1) is 26.4. The number of hydrogen-bond donors (Lipinski definition) is 1. The van der Waals surface area contributed by atoms with Gasteiger partial charge in [0.25, 0.3) is 5.56 Å². The van der Waals surface area contributed by atoms with Crippen LogP contribution in [0.4, 0.5) is 19.0 Å². The van der Waals surface area contributed by atoms with Crippen LogP contribution >= 0.6 is 0 Å². The lowest BCUT2D eigenvalue weighted by Gasteiger charge is -2.15. The molecule has 5 rings (SSSR count). The highest BCUT2D eigenvalue weighted by molar-refractivity contribution is 5.93. The topological polar surface area (TPSA) is 169 Å². The summed E-state index contributed by atoms with van der Waals surface area (Å²) in [6.45, 7) is 2.83. The van der Waals surface area contributed by atoms with Crippen molar-refractivity contribution in [2.45, 2.75) is 32.6 Å². The van der Waals surface area contributed by atoms with Crippen LogP contribution in [0.25, 0.3) is 22.4 Å². The van der Waals surface area contributed by atoms with Crippen molar-refractivity contribution in [3.05, 3.63) is 75.3 Å². The van der Waals surface area contributed by atoms with Crippen molar-refractivity contribution in [1.82, 2.24) is 43.8 Å². The highest BCUT2D eigenvalue weighted by Gasteiger charge is 2.34. The van der Waals surface area contributed by atoms with Gasteiger partial charge in [-0.05, 0) is 19.1 Å². The van der Waals surface area contributed by atoms with Crippen molar-refractivity contribution >= 4 is 22.9 Å². The Balaban J connectivity index is 1.43. The van der Waals surface area contributed by atoms with Crippen molar-refractivity contribution in [3.8, 4) is 11.3 Å². The van der Waals surface area contributed by atoms with Crippen molar-refractivity contribution in [2.24, 2.45) is 7.05 Å². The van der Waals surface area contributed by atoms with Gasteiger partial charge < -0.3 is 14.4 Å². The molecule has 5 heterocycles. The third kappa shape index (κ3) is 4.83. The number of anilines is 1. The Bertz CT molecular complexity index is 1850. The lowest BCUT2D eigenvalue weighted by Crippen LogP contribution is -2.40. The molecule has 206 valence electrons. The van der Waals surface area contributed by atoms with E-state index in [1.807, 2.05) is 0 Å². The predicted octanol–water partition coefficient (Wildman–Crippen LogP) is 1.71. The largest absolute Gasteiger partial charge is 0.451 e. The zero-order valence-corrected chi connectivity index (χ0v) is 21.0. The number of fused-ring (bicyclic) bond motifs is 1. The molecule has 5 aromatic heterocycles. The van der Waals surface area contributed by atoms with Gasteiger partial charge in [-0.25, -0.2) is 24.7 Å². The summed E-state index contributed by atoms with van der Waals surface area (Å²) < 4.78 is 46.6. The van der Waals surface area contributed by atoms with Gasteiger partial charge in [0, 0.05) is 31.9 Å². The van der Waals surface area contributed by atoms with Crippen LogP contribution in [0.1, 0.15) is 30.5 Å². The molecule has 5 aromatic rings. The van der Waals surface area contributed by atoms with Gasteiger partial charge in [-0.1, -0.05) is 11.2 Å². The first-order valence-electron chi connectivity index (χ1n) is 11.6. The zero-order chi connectivity index (χ0) is 28.8. The van der Waals surface area contributed by atoms with Gasteiger partial charge in [0.2, 0.25) is 17.6 Å². The molecule has 17 heteroatoms. The predicted molar refractivity (Wildman–Crippen MR) is 131 cm³/mol. The van der Waals surface area contributed by atoms with E-state index in [2.05, 4.69) is 35.4 Å². The molecule has 0 aliphatic heterocycles. The number of nitrogens with zero attached hydrogens (tertiary/aromatic N) is 9. The quantitative estimate of drug-likeness (QED) is 0.325. The Morgan fingerprint density at radius 2 is 1.85 bits per heavy atom. The number of rotatable bonds is 6. The number of aryl methyl sites for hydroxylation is 2. The van der Waals surface area contributed by atoms with Crippen LogP contribution in [0.5, 0.6) is 0 Å². The number of pyridine rings is 1. The fourth-order valence-corrected chi connectivity index (χ4v) is 3.90. The Hall–Kier alpha value is -5.22. The second-order valence-corrected chi connectivity index (χ2v) is 8.65. The Labute approximate surface area is 221 Å². The second-order valence-electron chi connectivity index (χ2n) is 8.65. The molecule has 14 nitrogen and oxygen atoms in total. The van der Waals surface area contributed by atoms with Crippen molar-refractivity contribution in [3.63, 3.8) is 0 Å². The number of carbonyl (C=O) groups excluding carboxylic acids is 1. The van der Waals surface area contributed by atoms with E-state index in [-0.39, 0.29) is 46.5 Å². The molecule has 0 spiro atoms. The van der Waals surface area contributed by atoms with Gasteiger partial charge in [0.05, 0.1) is 18.6 Å². The molecule has 1 amide bonds. The molecule has 0 aliphatic rings. The molecule has 0 aromatic carbocycles. The Morgan fingerprint density at radius 1 is 1.12 bits per heavy atom. The van der Waals surface area contributed by atoms with Crippen LogP contribution in [0, 0.1) is 6.92 Å². The normalized spacial score (nSPS) is 12.6. The number of alkyl halides is 3. The first-order valence-corrected chi connectivity index (χ1v) is 11.6. The fourth-order valence-electron chi connectivity index (χ4n) is 3.90. The van der Waals surface area contributed by atoms with Crippen molar-refractivity contribution < 1.29 is 22.5 Å². The minimum Gasteiger partial charge on any atom is -0.340 e. The lowest BCUT2D eigenvalue weighted by atomic mass is 10.2. The molecule has 1 N–H and O–H groups in total. The maximum Gasteiger partial charge on any atom is 0.451 e. The average molecular weight is 556 g/mol. The summed E-state index contributed by atoms with van der Waals surface area (Å²) in [5, 5.41) is 6.34. The van der Waals surface area contributed by atoms with E-state index in [1.165, 1.54) is 41.6 Å². The molecule has 0 aliphatic carbocycles. The van der Waals surface area contributed by atoms with Crippen LogP contribution in [0.3, 0.4) is 0 Å². The number of nitrogens with one attached hydrogen (secondary N) is 1. The smallest absolute Gasteiger partial charge is 0.340 e. The number of carbonyl (C=O) groups is 1. The van der Waals surface area contributed by atoms with E-state index in [0.717, 1.165) is 17.0 Å². The van der Waals surface area contributed by atoms with Crippen LogP contribution in [0.2, 0.25) is 0 Å². The van der Waals surface area contributed by atoms with Crippen molar-refractivity contribution in [2.75, 3.05) is 5.32 Å². The molecular weight excluding hydrogens is 537 g/mol. The van der Waals surface area contributed by atoms with Gasteiger partial charge >= 0.3 is 11.9 Å². The van der Waals surface area contributed by atoms with E-state index in [4.69, 9.17) is 4.52 Å². The Morgan fingerprint density at radius 3 is 2.50 bits per heavy atom. The highest BCUT2D eigenvalue weighted by atomic mass is 19.4. The summed E-state index contributed by atoms with van der Waals surface area (Å²) in [4.78, 5) is 58.4. The van der Waals surface area contributed by atoms with E-state index in [0.29, 0.717) is 0 Å². The molecule has 40 heavy (non-hydrogen) atoms. The number of amides is 1. The maximum atomic E-state index is 13.3. The molecule has 0 saturated heterocycles. The van der Waals surface area contributed by atoms with E-state index >= 15 is 0 Å². The number of aromatic nitrogens is 9. The molecule has 0 bridgehead atoms. The van der Waals surface area contributed by atoms with Crippen LogP contribution in [0.15, 0.2) is 51.0 Å². The zero-order valence-electron chi connectivity index (χ0n) is 21.0. The SMILES string of the molecule is Cc1nc(Cn2c(=O)c3c(ncn3C(C)C(=O)Nc3cccc(-c4cnc(C(F)(F)F)nc4)n3)n(C)c2=O)no1. The van der Waals surface area contributed by atoms with Crippen LogP contribution in [-0.4, -0.2) is 49.7 Å². The molecule has 0 saturated carbocycles. The summed E-state index contributed by atoms with van der Waals surface area (Å²) in [5.74, 6) is -1.39. The lowest BCUT2D eigenvalue weighted by molar-refractivity contribution is -0.145. The molecular formula is C23H19F3N10O4. The second kappa shape index (κ2) is 9.83. The molecule has 0 radical (unpaired) electrons. The summed E-state index contributed by atoms with van der Waals surface area (Å²) in [6, 6.07) is 3.55. The average Bonchev–Trinajstić information content (AvgIpc) is 3.55. The van der Waals surface area contributed by atoms with Gasteiger partial charge in [-0.15, -0.1) is 0 Å². The minimum absolute atomic E-state index is 0.00594. The first-order chi connectivity index (χ1) is 18.9. The highest BCUT2D eigenvalue weighted by Crippen LogP contribution is 2.27. The van der Waals surface area contributed by atoms with E-state index < -0.39 is 35.2 Å². The van der Waals surface area contributed by atoms with E-state index in [1.54, 1.807) is 13.0 Å². The molecule has 1 atom stereocenters. The number of hydrogen-bond acceptors (Lipinski definition) is 10. The standard InChI is InChI=1S/C23H19F3N10O4/c1-11(19(37)32-15-6-4-5-14(31-15)13-7-27-21(28-8-13)23(24,25)26)36-10-29-18-17(36)20(38)35(22(39)34(18)3)9-16-30-12(2)40-33-16/h4-8,10-11H,9H2,1-3H3,(H,31,32,37). The third-order valence-corrected chi connectivity index (χ3v) is 5.93. The molecule has 0 fully saturated rings. The summed E-state index contributed by atoms with van der Waals surface area (Å²) in [5.41, 5.74) is -0.875. The third-order valence-electron chi connectivity index (χ3n) is 5.93. The fraction of sp³-hybridized carbons (Fsp3) is 0.261. The van der Waals surface area contributed by atoms with Crippen LogP contribution < -0.4 is 16.6 Å². The summed E-state index contributed by atoms with van der Waals surface area (Å²) >= 11 is 0.